The van der Waals surface area contributed by atoms with Gasteiger partial charge in [-0.15, -0.1) is 0 Å². The third-order valence-corrected chi connectivity index (χ3v) is 5.45. The molecule has 162 valence electrons. The van der Waals surface area contributed by atoms with Crippen LogP contribution in [0.15, 0.2) is 18.2 Å². The third-order valence-electron chi connectivity index (χ3n) is 5.21. The van der Waals surface area contributed by atoms with Crippen molar-refractivity contribution in [1.82, 2.24) is 14.8 Å². The summed E-state index contributed by atoms with van der Waals surface area (Å²) in [5.74, 6) is -1.70. The fourth-order valence-electron chi connectivity index (χ4n) is 3.54. The van der Waals surface area contributed by atoms with Crippen LogP contribution < -0.4 is 5.32 Å². The molecule has 0 saturated heterocycles. The predicted octanol–water partition coefficient (Wildman–Crippen LogP) is 4.71. The van der Waals surface area contributed by atoms with Crippen LogP contribution in [0.2, 0.25) is 5.02 Å². The number of likely N-dealkylation sites (N-methyl/N-ethyl adjacent to an activating group) is 1. The number of hydrogen-bond donors (Lipinski definition) is 2. The van der Waals surface area contributed by atoms with Gasteiger partial charge >= 0.3 is 6.18 Å². The Morgan fingerprint density at radius 1 is 1.37 bits per heavy atom. The smallest absolute Gasteiger partial charge is 0.376 e. The Morgan fingerprint density at radius 2 is 2.00 bits per heavy atom. The second-order valence-electron chi connectivity index (χ2n) is 7.28. The Bertz CT molecular complexity index is 1010. The van der Waals surface area contributed by atoms with Crippen LogP contribution in [0.4, 0.5) is 17.6 Å². The first-order valence-electron chi connectivity index (χ1n) is 9.25. The number of aromatic nitrogens is 1. The van der Waals surface area contributed by atoms with E-state index in [2.05, 4.69) is 5.32 Å². The van der Waals surface area contributed by atoms with E-state index in [0.717, 1.165) is 23.5 Å². The van der Waals surface area contributed by atoms with Gasteiger partial charge in [-0.3, -0.25) is 10.2 Å². The molecule has 30 heavy (non-hydrogen) atoms. The highest BCUT2D eigenvalue weighted by Crippen LogP contribution is 2.43. The lowest BCUT2D eigenvalue weighted by atomic mass is 9.99. The molecule has 2 N–H and O–H groups in total. The number of hydrogen-bond acceptors (Lipinski definition) is 2. The van der Waals surface area contributed by atoms with Gasteiger partial charge in [0.15, 0.2) is 0 Å². The third kappa shape index (κ3) is 4.03. The molecule has 0 aliphatic heterocycles. The average molecular weight is 445 g/mol. The maximum absolute atomic E-state index is 14.7. The molecule has 1 saturated carbocycles. The monoisotopic (exact) mass is 444 g/mol. The molecule has 1 aromatic heterocycles. The van der Waals surface area contributed by atoms with Crippen LogP contribution in [0.25, 0.3) is 11.1 Å². The summed E-state index contributed by atoms with van der Waals surface area (Å²) in [6.45, 7) is 0.695. The van der Waals surface area contributed by atoms with Gasteiger partial charge in [-0.05, 0) is 43.5 Å². The number of alkyl halides is 3. The predicted molar refractivity (Wildman–Crippen MR) is 106 cm³/mol. The Morgan fingerprint density at radius 3 is 2.50 bits per heavy atom. The normalized spacial score (nSPS) is 14.0. The summed E-state index contributed by atoms with van der Waals surface area (Å²) < 4.78 is 57.6. The molecule has 0 bridgehead atoms. The lowest BCUT2D eigenvalue weighted by Gasteiger charge is -2.21. The van der Waals surface area contributed by atoms with E-state index < -0.39 is 30.1 Å². The first-order valence-corrected chi connectivity index (χ1v) is 9.63. The highest BCUT2D eigenvalue weighted by molar-refractivity contribution is 6.30. The van der Waals surface area contributed by atoms with Crippen molar-refractivity contribution in [3.63, 3.8) is 0 Å². The topological polar surface area (TPSA) is 61.1 Å². The summed E-state index contributed by atoms with van der Waals surface area (Å²) in [7, 11) is 2.93. The highest BCUT2D eigenvalue weighted by atomic mass is 35.5. The van der Waals surface area contributed by atoms with Gasteiger partial charge in [0.2, 0.25) is 0 Å². The number of rotatable bonds is 5. The zero-order valence-electron chi connectivity index (χ0n) is 16.6. The van der Waals surface area contributed by atoms with Crippen molar-refractivity contribution < 1.29 is 22.4 Å². The zero-order chi connectivity index (χ0) is 22.4. The van der Waals surface area contributed by atoms with Crippen molar-refractivity contribution in [1.29, 1.82) is 5.41 Å². The van der Waals surface area contributed by atoms with Gasteiger partial charge in [-0.25, -0.2) is 4.39 Å². The maximum atomic E-state index is 14.7. The Balaban J connectivity index is 2.36. The summed E-state index contributed by atoms with van der Waals surface area (Å²) >= 11 is 5.81. The van der Waals surface area contributed by atoms with Gasteiger partial charge in [-0.1, -0.05) is 11.6 Å². The van der Waals surface area contributed by atoms with E-state index in [9.17, 15) is 22.4 Å². The Hall–Kier alpha value is -2.55. The molecule has 0 radical (unpaired) electrons. The first kappa shape index (κ1) is 22.1. The fraction of sp³-hybridized carbons (Fsp3) is 0.400. The second-order valence-corrected chi connectivity index (χ2v) is 7.72. The van der Waals surface area contributed by atoms with Crippen LogP contribution in [0, 0.1) is 18.2 Å². The van der Waals surface area contributed by atoms with E-state index in [1.54, 1.807) is 0 Å². The summed E-state index contributed by atoms with van der Waals surface area (Å²) in [5, 5.41) is 10.4. The largest absolute Gasteiger partial charge is 0.431 e. The van der Waals surface area contributed by atoms with Crippen molar-refractivity contribution in [2.75, 3.05) is 14.1 Å². The van der Waals surface area contributed by atoms with Gasteiger partial charge < -0.3 is 14.8 Å². The quantitative estimate of drug-likeness (QED) is 0.399. The molecule has 1 heterocycles. The van der Waals surface area contributed by atoms with Gasteiger partial charge in [0, 0.05) is 36.3 Å². The van der Waals surface area contributed by atoms with Crippen molar-refractivity contribution in [3.05, 3.63) is 46.0 Å². The van der Waals surface area contributed by atoms with E-state index >= 15 is 0 Å². The molecule has 5 nitrogen and oxygen atoms in total. The summed E-state index contributed by atoms with van der Waals surface area (Å²) in [5.41, 5.74) is -1.95. The SMILES string of the molecule is CNC(=N)Cn1c(C(=O)N(C)C2CC2)c(-c2ccc(Cl)cc2F)c(C)c1C(F)(F)F. The lowest BCUT2D eigenvalue weighted by molar-refractivity contribution is -0.143. The van der Waals surface area contributed by atoms with Crippen LogP contribution in [0.3, 0.4) is 0 Å². The number of amides is 1. The molecule has 1 aromatic carbocycles. The molecular weight excluding hydrogens is 424 g/mol. The average Bonchev–Trinajstić information content (AvgIpc) is 3.45. The number of carbonyl (C=O) groups is 1. The standard InChI is InChI=1S/C20H21ClF4N4O/c1-10-16(13-7-4-11(21)8-14(13)22)17(19(30)28(3)12-5-6-12)29(9-15(26)27-2)18(10)20(23,24)25/h4,7-8,12H,5-6,9H2,1-3H3,(H2,26,27). The molecular formula is C20H21ClF4N4O. The number of amidine groups is 1. The van der Waals surface area contributed by atoms with E-state index in [-0.39, 0.29) is 39.3 Å². The molecule has 1 fully saturated rings. The molecule has 3 rings (SSSR count). The van der Waals surface area contributed by atoms with Crippen LogP contribution in [-0.4, -0.2) is 41.3 Å². The molecule has 0 spiro atoms. The second kappa shape index (κ2) is 7.94. The van der Waals surface area contributed by atoms with Crippen molar-refractivity contribution in [3.8, 4) is 11.1 Å². The van der Waals surface area contributed by atoms with Crippen molar-refractivity contribution >= 4 is 23.3 Å². The van der Waals surface area contributed by atoms with Gasteiger partial charge in [0.1, 0.15) is 23.0 Å². The summed E-state index contributed by atoms with van der Waals surface area (Å²) in [6, 6.07) is 3.55. The van der Waals surface area contributed by atoms with Crippen LogP contribution in [0.5, 0.6) is 0 Å². The van der Waals surface area contributed by atoms with Crippen LogP contribution >= 0.6 is 11.6 Å². The van der Waals surface area contributed by atoms with Gasteiger partial charge in [-0.2, -0.15) is 13.2 Å². The lowest BCUT2D eigenvalue weighted by Crippen LogP contribution is -2.34. The fourth-order valence-corrected chi connectivity index (χ4v) is 3.70. The molecule has 1 amide bonds. The first-order chi connectivity index (χ1) is 14.0. The minimum atomic E-state index is -4.81. The molecule has 2 aromatic rings. The van der Waals surface area contributed by atoms with E-state index in [1.807, 2.05) is 0 Å². The maximum Gasteiger partial charge on any atom is 0.431 e. The van der Waals surface area contributed by atoms with Gasteiger partial charge in [0.05, 0.1) is 6.54 Å². The van der Waals surface area contributed by atoms with Gasteiger partial charge in [0.25, 0.3) is 5.91 Å². The Kier molecular flexibility index (Phi) is 5.86. The minimum Gasteiger partial charge on any atom is -0.376 e. The van der Waals surface area contributed by atoms with Crippen LogP contribution in [-0.2, 0) is 12.7 Å². The molecule has 0 atom stereocenters. The highest BCUT2D eigenvalue weighted by Gasteiger charge is 2.43. The molecule has 1 aliphatic carbocycles. The number of benzene rings is 1. The van der Waals surface area contributed by atoms with Crippen molar-refractivity contribution in [2.24, 2.45) is 0 Å². The van der Waals surface area contributed by atoms with E-state index in [1.165, 1.54) is 38.1 Å². The minimum absolute atomic E-state index is 0.0674. The van der Waals surface area contributed by atoms with E-state index in [4.69, 9.17) is 17.0 Å². The zero-order valence-corrected chi connectivity index (χ0v) is 17.4. The summed E-state index contributed by atoms with van der Waals surface area (Å²) in [4.78, 5) is 14.7. The number of halogens is 5. The number of carbonyl (C=O) groups excluding carboxylic acids is 1. The molecule has 0 unspecified atom stereocenters. The Labute approximate surface area is 176 Å². The van der Waals surface area contributed by atoms with Crippen LogP contribution in [0.1, 0.15) is 34.6 Å². The summed E-state index contributed by atoms with van der Waals surface area (Å²) in [6.07, 6.45) is -3.30. The molecule has 1 aliphatic rings. The van der Waals surface area contributed by atoms with Crippen molar-refractivity contribution in [2.45, 2.75) is 38.5 Å². The number of nitrogens with zero attached hydrogens (tertiary/aromatic N) is 2. The van der Waals surface area contributed by atoms with E-state index in [0.29, 0.717) is 0 Å². The molecule has 10 heteroatoms. The number of nitrogens with one attached hydrogen (secondary N) is 2.